The second-order valence-electron chi connectivity index (χ2n) is 7.99. The van der Waals surface area contributed by atoms with Crippen molar-refractivity contribution in [2.24, 2.45) is 11.8 Å². The zero-order chi connectivity index (χ0) is 25.3. The highest BCUT2D eigenvalue weighted by molar-refractivity contribution is 9.10. The summed E-state index contributed by atoms with van der Waals surface area (Å²) in [4.78, 5) is 29.6. The number of carboxylic acids is 1. The molecule has 4 N–H and O–H groups in total. The topological polar surface area (TPSA) is 127 Å². The van der Waals surface area contributed by atoms with Gasteiger partial charge in [-0.1, -0.05) is 12.1 Å². The number of imidazole rings is 2. The lowest BCUT2D eigenvalue weighted by molar-refractivity contribution is -0.138. The number of carbonyl (C=O) groups is 2. The average Bonchev–Trinajstić information content (AvgIpc) is 3.62. The molecule has 0 aromatic carbocycles. The molecular formula is C22H20Br2F2N6O3. The highest BCUT2D eigenvalue weighted by Gasteiger charge is 2.44. The number of halogens is 4. The molecule has 4 heterocycles. The molecule has 9 nitrogen and oxygen atoms in total. The lowest BCUT2D eigenvalue weighted by Crippen LogP contribution is -2.15. The molecule has 0 unspecified atom stereocenters. The number of rotatable bonds is 3. The van der Waals surface area contributed by atoms with Crippen LogP contribution in [0.4, 0.5) is 20.4 Å². The Hall–Kier alpha value is -3.06. The number of nitrogens with two attached hydrogens (primary N) is 1. The van der Waals surface area contributed by atoms with Crippen LogP contribution in [0.25, 0.3) is 11.3 Å². The van der Waals surface area contributed by atoms with Gasteiger partial charge < -0.3 is 16.2 Å². The van der Waals surface area contributed by atoms with Crippen LogP contribution in [0.1, 0.15) is 12.8 Å². The molecule has 6 rings (SSSR count). The number of nitrogens with one attached hydrogen (secondary N) is 1. The molecule has 4 aromatic rings. The van der Waals surface area contributed by atoms with Crippen molar-refractivity contribution < 1.29 is 23.5 Å². The van der Waals surface area contributed by atoms with E-state index in [0.717, 1.165) is 20.5 Å². The van der Waals surface area contributed by atoms with Gasteiger partial charge in [0.25, 0.3) is 0 Å². The van der Waals surface area contributed by atoms with E-state index >= 15 is 0 Å². The van der Waals surface area contributed by atoms with Gasteiger partial charge in [-0.25, -0.2) is 18.7 Å². The van der Waals surface area contributed by atoms with Gasteiger partial charge in [-0.15, -0.1) is 0 Å². The number of fused-ring (bicyclic) bond motifs is 2. The number of nitrogens with zero attached hydrogens (tertiary/aromatic N) is 4. The predicted molar refractivity (Wildman–Crippen MR) is 132 cm³/mol. The van der Waals surface area contributed by atoms with Gasteiger partial charge >= 0.3 is 5.97 Å². The molecule has 0 bridgehead atoms. The van der Waals surface area contributed by atoms with E-state index in [4.69, 9.17) is 10.8 Å². The van der Waals surface area contributed by atoms with E-state index in [9.17, 15) is 18.4 Å². The van der Waals surface area contributed by atoms with Crippen molar-refractivity contribution in [2.75, 3.05) is 11.1 Å². The number of aliphatic carboxylic acids is 1. The first-order valence-electron chi connectivity index (χ1n) is 10.5. The van der Waals surface area contributed by atoms with Crippen LogP contribution in [0.2, 0.25) is 0 Å². The molecular weight excluding hydrogens is 594 g/mol. The van der Waals surface area contributed by atoms with Gasteiger partial charge in [-0.2, -0.15) is 0 Å². The number of nitrogen functional groups attached to an aromatic ring is 1. The third-order valence-electron chi connectivity index (χ3n) is 5.23. The Morgan fingerprint density at radius 1 is 0.943 bits per heavy atom. The number of carboxylic acid groups (broad SMARTS) is 1. The van der Waals surface area contributed by atoms with E-state index in [-0.39, 0.29) is 12.3 Å². The molecule has 0 radical (unpaired) electrons. The summed E-state index contributed by atoms with van der Waals surface area (Å²) in [5.74, 6) is -1.49. The molecule has 2 aliphatic rings. The van der Waals surface area contributed by atoms with E-state index in [1.165, 1.54) is 0 Å². The van der Waals surface area contributed by atoms with Crippen LogP contribution in [0.3, 0.4) is 0 Å². The fraction of sp³-hybridized carbons (Fsp3) is 0.273. The lowest BCUT2D eigenvalue weighted by Gasteiger charge is -1.97. The molecule has 2 saturated carbocycles. The standard InChI is InChI=1S/C11H9BrFN3O.C7H6BrN3.C4H5FO2/c12-8-2-1-3-10-14-9(5-16(8)10)15-11(17)6-4-7(6)13;8-5-2-1-3-7-10-6(9)4-11(5)7;5-3-1-2(3)4(6)7/h1-3,5-7H,4H2,(H,15,17);1-4H,9H2;2-3H,1H2,(H,6,7)/t6-,7-;;2-,3-/m0.0/s1. The van der Waals surface area contributed by atoms with Gasteiger partial charge in [0.15, 0.2) is 5.82 Å². The minimum absolute atomic E-state index is 0.218. The summed E-state index contributed by atoms with van der Waals surface area (Å²) in [5, 5.41) is 10.6. The third kappa shape index (κ3) is 6.14. The normalized spacial score (nSPS) is 21.9. The van der Waals surface area contributed by atoms with Crippen LogP contribution in [-0.2, 0) is 9.59 Å². The van der Waals surface area contributed by atoms with Crippen LogP contribution in [0.15, 0.2) is 58.0 Å². The maximum atomic E-state index is 12.7. The number of hydrogen-bond donors (Lipinski definition) is 3. The number of aromatic nitrogens is 4. The summed E-state index contributed by atoms with van der Waals surface area (Å²) in [5.41, 5.74) is 7.09. The maximum absolute atomic E-state index is 12.7. The molecule has 0 saturated heterocycles. The highest BCUT2D eigenvalue weighted by atomic mass is 79.9. The van der Waals surface area contributed by atoms with Crippen LogP contribution in [0, 0.1) is 11.8 Å². The summed E-state index contributed by atoms with van der Waals surface area (Å²) in [6.07, 6.45) is 1.97. The molecule has 4 atom stereocenters. The van der Waals surface area contributed by atoms with Crippen molar-refractivity contribution in [1.82, 2.24) is 18.8 Å². The Bertz CT molecular complexity index is 1390. The van der Waals surface area contributed by atoms with Crippen molar-refractivity contribution in [1.29, 1.82) is 0 Å². The van der Waals surface area contributed by atoms with Gasteiger partial charge in [0.1, 0.15) is 29.5 Å². The summed E-state index contributed by atoms with van der Waals surface area (Å²) in [6.45, 7) is 0. The Kier molecular flexibility index (Phi) is 7.36. The fourth-order valence-corrected chi connectivity index (χ4v) is 3.98. The minimum Gasteiger partial charge on any atom is -0.481 e. The summed E-state index contributed by atoms with van der Waals surface area (Å²) in [6, 6.07) is 11.3. The number of hydrogen-bond acceptors (Lipinski definition) is 5. The second kappa shape index (κ2) is 10.3. The second-order valence-corrected chi connectivity index (χ2v) is 9.61. The first-order chi connectivity index (χ1) is 16.6. The number of pyridine rings is 2. The Morgan fingerprint density at radius 3 is 1.89 bits per heavy atom. The van der Waals surface area contributed by atoms with Crippen molar-refractivity contribution >= 4 is 66.7 Å². The van der Waals surface area contributed by atoms with Crippen LogP contribution in [-0.4, -0.2) is 48.1 Å². The van der Waals surface area contributed by atoms with Gasteiger partial charge in [0, 0.05) is 0 Å². The molecule has 13 heteroatoms. The SMILES string of the molecule is Nc1cn2c(Br)cccc2n1.O=C(Nc1cn2c(Br)cccc2n1)[C@H]1C[C@@H]1F.O=C(O)[C@H]1C[C@@H]1F. The molecule has 2 aliphatic carbocycles. The summed E-state index contributed by atoms with van der Waals surface area (Å²) >= 11 is 6.76. The minimum atomic E-state index is -1.06. The highest BCUT2D eigenvalue weighted by Crippen LogP contribution is 2.35. The third-order valence-corrected chi connectivity index (χ3v) is 6.53. The molecule has 0 aliphatic heterocycles. The van der Waals surface area contributed by atoms with Crippen molar-refractivity contribution in [2.45, 2.75) is 25.2 Å². The molecule has 2 fully saturated rings. The lowest BCUT2D eigenvalue weighted by atomic mass is 10.4. The number of carbonyl (C=O) groups excluding carboxylic acids is 1. The van der Waals surface area contributed by atoms with E-state index in [1.807, 2.05) is 40.8 Å². The largest absolute Gasteiger partial charge is 0.481 e. The number of anilines is 2. The van der Waals surface area contributed by atoms with E-state index in [1.54, 1.807) is 16.8 Å². The first kappa shape index (κ1) is 25.0. The van der Waals surface area contributed by atoms with Gasteiger partial charge in [-0.05, 0) is 69.0 Å². The van der Waals surface area contributed by atoms with Crippen LogP contribution < -0.4 is 11.1 Å². The Balaban J connectivity index is 0.000000137. The fourth-order valence-electron chi connectivity index (χ4n) is 3.11. The van der Waals surface area contributed by atoms with E-state index < -0.39 is 30.1 Å². The predicted octanol–water partition coefficient (Wildman–Crippen LogP) is 4.50. The Morgan fingerprint density at radius 2 is 1.46 bits per heavy atom. The van der Waals surface area contributed by atoms with Gasteiger partial charge in [-0.3, -0.25) is 18.4 Å². The van der Waals surface area contributed by atoms with Crippen molar-refractivity contribution in [3.8, 4) is 0 Å². The molecule has 0 spiro atoms. The molecule has 4 aromatic heterocycles. The molecule has 184 valence electrons. The quantitative estimate of drug-likeness (QED) is 0.292. The van der Waals surface area contributed by atoms with E-state index in [0.29, 0.717) is 18.1 Å². The Labute approximate surface area is 214 Å². The maximum Gasteiger partial charge on any atom is 0.309 e. The van der Waals surface area contributed by atoms with Crippen molar-refractivity contribution in [3.05, 3.63) is 58.0 Å². The molecule has 35 heavy (non-hydrogen) atoms. The monoisotopic (exact) mass is 612 g/mol. The van der Waals surface area contributed by atoms with Gasteiger partial charge in [0.2, 0.25) is 5.91 Å². The number of alkyl halides is 2. The summed E-state index contributed by atoms with van der Waals surface area (Å²) in [7, 11) is 0. The van der Waals surface area contributed by atoms with Crippen molar-refractivity contribution in [3.63, 3.8) is 0 Å². The average molecular weight is 614 g/mol. The zero-order valence-corrected chi connectivity index (χ0v) is 21.2. The summed E-state index contributed by atoms with van der Waals surface area (Å²) < 4.78 is 29.8. The zero-order valence-electron chi connectivity index (χ0n) is 18.0. The van der Waals surface area contributed by atoms with Crippen LogP contribution in [0.5, 0.6) is 0 Å². The van der Waals surface area contributed by atoms with Gasteiger partial charge in [0.05, 0.1) is 33.4 Å². The molecule has 1 amide bonds. The number of amides is 1. The smallest absolute Gasteiger partial charge is 0.309 e. The van der Waals surface area contributed by atoms with Crippen LogP contribution >= 0.6 is 31.9 Å². The van der Waals surface area contributed by atoms with E-state index in [2.05, 4.69) is 47.1 Å². The first-order valence-corrected chi connectivity index (χ1v) is 12.1.